The van der Waals surface area contributed by atoms with Crippen molar-refractivity contribution >= 4 is 56.4 Å². The minimum Gasteiger partial charge on any atom is -0.292 e. The highest BCUT2D eigenvalue weighted by atomic mass is 15.1. The molecule has 3 aromatic carbocycles. The van der Waals surface area contributed by atoms with Crippen molar-refractivity contribution in [1.82, 2.24) is 18.8 Å². The molecule has 0 fully saturated rings. The van der Waals surface area contributed by atoms with E-state index in [2.05, 4.69) is 29.7 Å². The molecule has 0 amide bonds. The normalized spacial score (nSPS) is 11.1. The summed E-state index contributed by atoms with van der Waals surface area (Å²) in [5.41, 5.74) is 8.16. The Morgan fingerprint density at radius 3 is 1.94 bits per heavy atom. The number of hydrogen-bond donors (Lipinski definition) is 0. The number of fused-ring (bicyclic) bond motifs is 9. The molecule has 6 nitrogen and oxygen atoms in total. The number of para-hydroxylation sites is 1. The predicted octanol–water partition coefficient (Wildman–Crippen LogP) is 6.03. The predicted molar refractivity (Wildman–Crippen MR) is 135 cm³/mol. The lowest BCUT2D eigenvalue weighted by molar-refractivity contribution is 1.19. The molecule has 6 rings (SSSR count). The molecular formula is C28H16N6. The van der Waals surface area contributed by atoms with E-state index >= 15 is 0 Å². The first-order valence-corrected chi connectivity index (χ1v) is 10.6. The first-order chi connectivity index (χ1) is 16.7. The minimum atomic E-state index is 0.548. The van der Waals surface area contributed by atoms with Crippen molar-refractivity contribution in [3.63, 3.8) is 0 Å². The van der Waals surface area contributed by atoms with Crippen molar-refractivity contribution in [2.45, 2.75) is 0 Å². The average molecular weight is 436 g/mol. The van der Waals surface area contributed by atoms with Crippen LogP contribution < -0.4 is 0 Å². The average Bonchev–Trinajstić information content (AvgIpc) is 3.43. The van der Waals surface area contributed by atoms with Crippen molar-refractivity contribution in [3.8, 4) is 12.1 Å². The molecular weight excluding hydrogens is 420 g/mol. The van der Waals surface area contributed by atoms with Crippen LogP contribution in [-0.4, -0.2) is 18.8 Å². The highest BCUT2D eigenvalue weighted by Crippen LogP contribution is 2.31. The zero-order valence-electron chi connectivity index (χ0n) is 18.0. The molecule has 0 aliphatic rings. The van der Waals surface area contributed by atoms with Crippen LogP contribution in [0, 0.1) is 22.7 Å². The van der Waals surface area contributed by atoms with Gasteiger partial charge in [-0.15, -0.1) is 0 Å². The highest BCUT2D eigenvalue weighted by molar-refractivity contribution is 6.01. The molecule has 0 bridgehead atoms. The molecule has 0 N–H and O–H groups in total. The molecule has 0 unspecified atom stereocenters. The van der Waals surface area contributed by atoms with Gasteiger partial charge in [-0.2, -0.15) is 10.5 Å². The summed E-state index contributed by atoms with van der Waals surface area (Å²) in [5, 5.41) is 19.7. The Bertz CT molecular complexity index is 1950. The number of benzene rings is 3. The molecule has 0 atom stereocenters. The Morgan fingerprint density at radius 1 is 0.706 bits per heavy atom. The van der Waals surface area contributed by atoms with Gasteiger partial charge in [0.1, 0.15) is 11.3 Å². The van der Waals surface area contributed by atoms with Gasteiger partial charge in [0.15, 0.2) is 0 Å². The molecule has 3 heterocycles. The quantitative estimate of drug-likeness (QED) is 0.332. The van der Waals surface area contributed by atoms with Gasteiger partial charge < -0.3 is 0 Å². The van der Waals surface area contributed by atoms with Crippen LogP contribution in [0.3, 0.4) is 0 Å². The standard InChI is InChI=1S/C28H16N6/c1-3-19-23(4-2)33-25-11-9-17(15-29)13-21(25)32-28(33)20-7-5-6-8-24(20)34-26-12-10-18(16-30)14-22(26)31-27(19)34/h3-14H,1-2H2. The number of imidazole rings is 2. The van der Waals surface area contributed by atoms with Gasteiger partial charge in [-0.05, 0) is 54.6 Å². The number of nitriles is 2. The van der Waals surface area contributed by atoms with Gasteiger partial charge >= 0.3 is 0 Å². The van der Waals surface area contributed by atoms with Gasteiger partial charge in [-0.25, -0.2) is 9.97 Å². The Balaban J connectivity index is 2.02. The molecule has 0 aliphatic carbocycles. The number of rotatable bonds is 2. The number of nitrogens with zero attached hydrogens (tertiary/aromatic N) is 6. The van der Waals surface area contributed by atoms with E-state index in [1.165, 1.54) is 0 Å². The van der Waals surface area contributed by atoms with Crippen LogP contribution in [0.1, 0.15) is 22.4 Å². The summed E-state index contributed by atoms with van der Waals surface area (Å²) in [4.78, 5) is 9.89. The fraction of sp³-hybridized carbons (Fsp3) is 0. The molecule has 0 saturated carbocycles. The van der Waals surface area contributed by atoms with E-state index in [0.29, 0.717) is 16.8 Å². The third kappa shape index (κ3) is 2.54. The number of aromatic nitrogens is 4. The van der Waals surface area contributed by atoms with E-state index in [0.717, 1.165) is 49.9 Å². The monoisotopic (exact) mass is 436 g/mol. The van der Waals surface area contributed by atoms with Gasteiger partial charge in [0.05, 0.1) is 56.5 Å². The van der Waals surface area contributed by atoms with Crippen LogP contribution in [-0.2, 0) is 0 Å². The lowest BCUT2D eigenvalue weighted by Crippen LogP contribution is -1.98. The van der Waals surface area contributed by atoms with Crippen LogP contribution in [0.5, 0.6) is 0 Å². The van der Waals surface area contributed by atoms with Crippen molar-refractivity contribution in [3.05, 3.63) is 96.2 Å². The van der Waals surface area contributed by atoms with Crippen molar-refractivity contribution in [1.29, 1.82) is 10.5 Å². The second-order valence-electron chi connectivity index (χ2n) is 7.90. The molecule has 0 aliphatic heterocycles. The Hall–Kier alpha value is -5.20. The maximum atomic E-state index is 9.40. The van der Waals surface area contributed by atoms with Gasteiger partial charge in [0.25, 0.3) is 0 Å². The summed E-state index contributed by atoms with van der Waals surface area (Å²) in [6.45, 7) is 8.19. The van der Waals surface area contributed by atoms with Gasteiger partial charge in [-0.1, -0.05) is 31.4 Å². The molecule has 0 radical (unpaired) electrons. The third-order valence-corrected chi connectivity index (χ3v) is 6.11. The zero-order chi connectivity index (χ0) is 23.4. The first-order valence-electron chi connectivity index (χ1n) is 10.6. The largest absolute Gasteiger partial charge is 0.292 e. The zero-order valence-corrected chi connectivity index (χ0v) is 18.0. The van der Waals surface area contributed by atoms with Crippen molar-refractivity contribution < 1.29 is 0 Å². The Labute approximate surface area is 194 Å². The fourth-order valence-corrected chi connectivity index (χ4v) is 4.64. The molecule has 34 heavy (non-hydrogen) atoms. The third-order valence-electron chi connectivity index (χ3n) is 6.11. The lowest BCUT2D eigenvalue weighted by Gasteiger charge is -2.10. The molecule has 6 aromatic rings. The maximum absolute atomic E-state index is 9.40. The van der Waals surface area contributed by atoms with Crippen LogP contribution in [0.2, 0.25) is 0 Å². The van der Waals surface area contributed by atoms with E-state index in [1.807, 2.05) is 40.8 Å². The van der Waals surface area contributed by atoms with Crippen LogP contribution >= 0.6 is 0 Å². The maximum Gasteiger partial charge on any atom is 0.147 e. The van der Waals surface area contributed by atoms with E-state index in [4.69, 9.17) is 9.97 Å². The summed E-state index contributed by atoms with van der Waals surface area (Å²) in [7, 11) is 0. The fourth-order valence-electron chi connectivity index (χ4n) is 4.64. The second-order valence-corrected chi connectivity index (χ2v) is 7.90. The van der Waals surface area contributed by atoms with Crippen LogP contribution in [0.25, 0.3) is 56.4 Å². The Kier molecular flexibility index (Phi) is 4.10. The summed E-state index contributed by atoms with van der Waals surface area (Å²) in [6.07, 6.45) is 3.55. The van der Waals surface area contributed by atoms with E-state index in [1.54, 1.807) is 36.4 Å². The summed E-state index contributed by atoms with van der Waals surface area (Å²) >= 11 is 0. The van der Waals surface area contributed by atoms with Crippen LogP contribution in [0.4, 0.5) is 0 Å². The van der Waals surface area contributed by atoms with Gasteiger partial charge in [-0.3, -0.25) is 8.80 Å². The van der Waals surface area contributed by atoms with E-state index in [9.17, 15) is 10.5 Å². The molecule has 3 aromatic heterocycles. The first kappa shape index (κ1) is 19.5. The Morgan fingerprint density at radius 2 is 1.32 bits per heavy atom. The van der Waals surface area contributed by atoms with E-state index < -0.39 is 0 Å². The summed E-state index contributed by atoms with van der Waals surface area (Å²) in [5.74, 6) is 0. The van der Waals surface area contributed by atoms with Gasteiger partial charge in [0, 0.05) is 10.9 Å². The topological polar surface area (TPSA) is 82.2 Å². The van der Waals surface area contributed by atoms with Crippen molar-refractivity contribution in [2.75, 3.05) is 0 Å². The SMILES string of the molecule is C=Cc1c(C=C)n2c3ccc(C#N)cc3nc2c2ccccc2n2c1nc1cc(C#N)ccc12. The molecule has 158 valence electrons. The molecule has 0 saturated heterocycles. The van der Waals surface area contributed by atoms with Crippen LogP contribution in [0.15, 0.2) is 73.8 Å². The minimum absolute atomic E-state index is 0.548. The smallest absolute Gasteiger partial charge is 0.147 e. The highest BCUT2D eigenvalue weighted by Gasteiger charge is 2.17. The van der Waals surface area contributed by atoms with E-state index in [-0.39, 0.29) is 0 Å². The molecule has 6 heteroatoms. The van der Waals surface area contributed by atoms with Crippen molar-refractivity contribution in [2.24, 2.45) is 0 Å². The summed E-state index contributed by atoms with van der Waals surface area (Å²) in [6, 6.07) is 23.4. The van der Waals surface area contributed by atoms with Gasteiger partial charge in [0.2, 0.25) is 0 Å². The molecule has 0 spiro atoms. The summed E-state index contributed by atoms with van der Waals surface area (Å²) < 4.78 is 4.12. The lowest BCUT2D eigenvalue weighted by atomic mass is 10.1. The second kappa shape index (κ2) is 7.16. The number of hydrogen-bond acceptors (Lipinski definition) is 4.